The van der Waals surface area contributed by atoms with Crippen LogP contribution in [0.5, 0.6) is 11.6 Å². The highest BCUT2D eigenvalue weighted by Gasteiger charge is 2.02. The van der Waals surface area contributed by atoms with Crippen LogP contribution in [0.15, 0.2) is 36.5 Å². The standard InChI is InChI=1S/C12H8ClN3O/c13-10-6-9(1-2-11(10)15)17-12-5-8(7-14)3-4-16-12/h1-6H,15H2. The Morgan fingerprint density at radius 1 is 1.29 bits per heavy atom. The quantitative estimate of drug-likeness (QED) is 0.826. The first-order valence-electron chi connectivity index (χ1n) is 4.78. The number of ether oxygens (including phenoxy) is 1. The number of nitrogen functional groups attached to an aromatic ring is 1. The van der Waals surface area contributed by atoms with Gasteiger partial charge in [0.15, 0.2) is 0 Å². The van der Waals surface area contributed by atoms with E-state index in [-0.39, 0.29) is 0 Å². The Kier molecular flexibility index (Phi) is 3.12. The molecule has 2 rings (SSSR count). The number of nitrogens with zero attached hydrogens (tertiary/aromatic N) is 2. The summed E-state index contributed by atoms with van der Waals surface area (Å²) < 4.78 is 5.45. The summed E-state index contributed by atoms with van der Waals surface area (Å²) in [6.07, 6.45) is 1.51. The van der Waals surface area contributed by atoms with E-state index in [1.807, 2.05) is 6.07 Å². The zero-order chi connectivity index (χ0) is 12.3. The molecule has 2 aromatic rings. The smallest absolute Gasteiger partial charge is 0.220 e. The van der Waals surface area contributed by atoms with E-state index in [4.69, 9.17) is 27.3 Å². The molecule has 1 aromatic heterocycles. The van der Waals surface area contributed by atoms with E-state index in [9.17, 15) is 0 Å². The number of aromatic nitrogens is 1. The van der Waals surface area contributed by atoms with Gasteiger partial charge in [-0.25, -0.2) is 4.98 Å². The summed E-state index contributed by atoms with van der Waals surface area (Å²) in [5, 5.41) is 9.15. The van der Waals surface area contributed by atoms with Crippen molar-refractivity contribution in [1.29, 1.82) is 5.26 Å². The van der Waals surface area contributed by atoms with Gasteiger partial charge in [0, 0.05) is 18.3 Å². The van der Waals surface area contributed by atoms with Crippen molar-refractivity contribution in [2.75, 3.05) is 5.73 Å². The molecule has 17 heavy (non-hydrogen) atoms. The number of anilines is 1. The second-order valence-electron chi connectivity index (χ2n) is 3.28. The minimum absolute atomic E-state index is 0.338. The maximum atomic E-state index is 8.74. The van der Waals surface area contributed by atoms with Crippen LogP contribution < -0.4 is 10.5 Å². The summed E-state index contributed by atoms with van der Waals surface area (Å²) in [5.74, 6) is 0.858. The SMILES string of the molecule is N#Cc1ccnc(Oc2ccc(N)c(Cl)c2)c1. The number of rotatable bonds is 2. The van der Waals surface area contributed by atoms with Crippen LogP contribution in [0.3, 0.4) is 0 Å². The Bertz CT molecular complexity index is 593. The van der Waals surface area contributed by atoms with Crippen LogP contribution in [-0.2, 0) is 0 Å². The Hall–Kier alpha value is -2.25. The molecular weight excluding hydrogens is 238 g/mol. The summed E-state index contributed by atoms with van der Waals surface area (Å²) in [7, 11) is 0. The first-order valence-corrected chi connectivity index (χ1v) is 5.16. The molecule has 0 aliphatic heterocycles. The van der Waals surface area contributed by atoms with Crippen LogP contribution in [0.4, 0.5) is 5.69 Å². The van der Waals surface area contributed by atoms with Crippen LogP contribution in [0.25, 0.3) is 0 Å². The van der Waals surface area contributed by atoms with Crippen LogP contribution >= 0.6 is 11.6 Å². The molecule has 1 heterocycles. The molecule has 0 unspecified atom stereocenters. The number of pyridine rings is 1. The molecule has 0 aliphatic carbocycles. The normalized spacial score (nSPS) is 9.65. The Labute approximate surface area is 103 Å². The van der Waals surface area contributed by atoms with E-state index in [0.29, 0.717) is 27.9 Å². The fraction of sp³-hybridized carbons (Fsp3) is 0. The van der Waals surface area contributed by atoms with Gasteiger partial charge < -0.3 is 10.5 Å². The van der Waals surface area contributed by atoms with Crippen molar-refractivity contribution < 1.29 is 4.74 Å². The highest BCUT2D eigenvalue weighted by atomic mass is 35.5. The second-order valence-corrected chi connectivity index (χ2v) is 3.69. The maximum absolute atomic E-state index is 8.74. The monoisotopic (exact) mass is 245 g/mol. The van der Waals surface area contributed by atoms with Gasteiger partial charge in [0.05, 0.1) is 22.3 Å². The van der Waals surface area contributed by atoms with Crippen molar-refractivity contribution in [1.82, 2.24) is 4.98 Å². The molecule has 0 saturated carbocycles. The Balaban J connectivity index is 2.25. The van der Waals surface area contributed by atoms with Crippen molar-refractivity contribution in [3.8, 4) is 17.7 Å². The molecule has 84 valence electrons. The number of nitrogens with two attached hydrogens (primary N) is 1. The fourth-order valence-electron chi connectivity index (χ4n) is 1.23. The van der Waals surface area contributed by atoms with Gasteiger partial charge in [-0.1, -0.05) is 11.6 Å². The Morgan fingerprint density at radius 2 is 2.12 bits per heavy atom. The van der Waals surface area contributed by atoms with Gasteiger partial charge in [-0.3, -0.25) is 0 Å². The van der Waals surface area contributed by atoms with Crippen LogP contribution in [0, 0.1) is 11.3 Å². The van der Waals surface area contributed by atoms with Gasteiger partial charge >= 0.3 is 0 Å². The van der Waals surface area contributed by atoms with E-state index in [1.54, 1.807) is 30.3 Å². The molecule has 0 bridgehead atoms. The zero-order valence-corrected chi connectivity index (χ0v) is 9.48. The molecule has 5 heteroatoms. The molecule has 0 atom stereocenters. The van der Waals surface area contributed by atoms with Crippen molar-refractivity contribution in [2.45, 2.75) is 0 Å². The van der Waals surface area contributed by atoms with E-state index >= 15 is 0 Å². The predicted octanol–water partition coefficient (Wildman–Crippen LogP) is 2.98. The number of nitriles is 1. The van der Waals surface area contributed by atoms with Crippen molar-refractivity contribution in [3.05, 3.63) is 47.1 Å². The fourth-order valence-corrected chi connectivity index (χ4v) is 1.40. The third kappa shape index (κ3) is 2.65. The molecule has 4 nitrogen and oxygen atoms in total. The van der Waals surface area contributed by atoms with Crippen molar-refractivity contribution >= 4 is 17.3 Å². The van der Waals surface area contributed by atoms with Crippen molar-refractivity contribution in [3.63, 3.8) is 0 Å². The van der Waals surface area contributed by atoms with Crippen molar-refractivity contribution in [2.24, 2.45) is 0 Å². The van der Waals surface area contributed by atoms with Crippen LogP contribution in [0.2, 0.25) is 5.02 Å². The topological polar surface area (TPSA) is 71.9 Å². The molecule has 1 aromatic carbocycles. The van der Waals surface area contributed by atoms with Gasteiger partial charge in [-0.15, -0.1) is 0 Å². The number of hydrogen-bond acceptors (Lipinski definition) is 4. The van der Waals surface area contributed by atoms with Gasteiger partial charge in [-0.05, 0) is 18.2 Å². The Morgan fingerprint density at radius 3 is 2.82 bits per heavy atom. The molecule has 0 saturated heterocycles. The first kappa shape index (κ1) is 11.2. The van der Waals surface area contributed by atoms with Gasteiger partial charge in [-0.2, -0.15) is 5.26 Å². The second kappa shape index (κ2) is 4.73. The zero-order valence-electron chi connectivity index (χ0n) is 8.72. The minimum atomic E-state index is 0.338. The number of halogens is 1. The molecule has 0 amide bonds. The van der Waals surface area contributed by atoms with Crippen LogP contribution in [0.1, 0.15) is 5.56 Å². The summed E-state index contributed by atoms with van der Waals surface area (Å²) in [6.45, 7) is 0. The summed E-state index contributed by atoms with van der Waals surface area (Å²) >= 11 is 5.86. The molecule has 0 spiro atoms. The lowest BCUT2D eigenvalue weighted by Crippen LogP contribution is -1.90. The van der Waals surface area contributed by atoms with E-state index in [2.05, 4.69) is 4.98 Å². The molecule has 2 N–H and O–H groups in total. The van der Waals surface area contributed by atoms with Crippen LogP contribution in [-0.4, -0.2) is 4.98 Å². The predicted molar refractivity (Wildman–Crippen MR) is 64.9 cm³/mol. The lowest BCUT2D eigenvalue weighted by molar-refractivity contribution is 0.463. The van der Waals surface area contributed by atoms with E-state index in [0.717, 1.165) is 0 Å². The minimum Gasteiger partial charge on any atom is -0.439 e. The summed E-state index contributed by atoms with van der Waals surface area (Å²) in [4.78, 5) is 3.99. The number of benzene rings is 1. The highest BCUT2D eigenvalue weighted by molar-refractivity contribution is 6.33. The molecule has 0 fully saturated rings. The largest absolute Gasteiger partial charge is 0.439 e. The van der Waals surface area contributed by atoms with E-state index < -0.39 is 0 Å². The van der Waals surface area contributed by atoms with Gasteiger partial charge in [0.1, 0.15) is 5.75 Å². The third-order valence-electron chi connectivity index (χ3n) is 2.06. The average molecular weight is 246 g/mol. The molecule has 0 aliphatic rings. The van der Waals surface area contributed by atoms with Gasteiger partial charge in [0.2, 0.25) is 5.88 Å². The van der Waals surface area contributed by atoms with E-state index in [1.165, 1.54) is 6.20 Å². The lowest BCUT2D eigenvalue weighted by atomic mass is 10.3. The summed E-state index contributed by atoms with van der Waals surface area (Å²) in [6, 6.07) is 10.1. The third-order valence-corrected chi connectivity index (χ3v) is 2.39. The van der Waals surface area contributed by atoms with Gasteiger partial charge in [0.25, 0.3) is 0 Å². The molecular formula is C12H8ClN3O. The molecule has 0 radical (unpaired) electrons. The first-order chi connectivity index (χ1) is 8.19. The highest BCUT2D eigenvalue weighted by Crippen LogP contribution is 2.27. The average Bonchev–Trinajstić information content (AvgIpc) is 2.34. The summed E-state index contributed by atoms with van der Waals surface area (Å²) in [5.41, 5.74) is 6.55. The lowest BCUT2D eigenvalue weighted by Gasteiger charge is -2.05. The maximum Gasteiger partial charge on any atom is 0.220 e. The number of hydrogen-bond donors (Lipinski definition) is 1.